The first-order valence-electron chi connectivity index (χ1n) is 6.92. The molecule has 6 heteroatoms. The average Bonchev–Trinajstić information content (AvgIpc) is 2.46. The SMILES string of the molecule is CCCC(COC)NC(=O)NCc1ccc(C(=O)O)cc1. The van der Waals surface area contributed by atoms with E-state index >= 15 is 0 Å². The molecule has 1 aromatic rings. The summed E-state index contributed by atoms with van der Waals surface area (Å²) < 4.78 is 5.06. The predicted octanol–water partition coefficient (Wildman–Crippen LogP) is 2.00. The normalized spacial score (nSPS) is 11.7. The van der Waals surface area contributed by atoms with Crippen LogP contribution in [0.5, 0.6) is 0 Å². The van der Waals surface area contributed by atoms with Gasteiger partial charge in [-0.15, -0.1) is 0 Å². The van der Waals surface area contributed by atoms with Crippen LogP contribution in [-0.4, -0.2) is 36.9 Å². The van der Waals surface area contributed by atoms with Gasteiger partial charge in [0.05, 0.1) is 18.2 Å². The first kappa shape index (κ1) is 17.0. The number of carbonyl (C=O) groups excluding carboxylic acids is 1. The summed E-state index contributed by atoms with van der Waals surface area (Å²) in [5.41, 5.74) is 1.07. The maximum atomic E-state index is 11.8. The Kier molecular flexibility index (Phi) is 7.25. The average molecular weight is 294 g/mol. The van der Waals surface area contributed by atoms with E-state index in [0.717, 1.165) is 18.4 Å². The maximum Gasteiger partial charge on any atom is 0.335 e. The highest BCUT2D eigenvalue weighted by atomic mass is 16.5. The summed E-state index contributed by atoms with van der Waals surface area (Å²) >= 11 is 0. The van der Waals surface area contributed by atoms with Crippen molar-refractivity contribution < 1.29 is 19.4 Å². The molecule has 0 aromatic heterocycles. The molecule has 116 valence electrons. The van der Waals surface area contributed by atoms with Gasteiger partial charge >= 0.3 is 12.0 Å². The number of carbonyl (C=O) groups is 2. The van der Waals surface area contributed by atoms with Crippen LogP contribution < -0.4 is 10.6 Å². The molecular weight excluding hydrogens is 272 g/mol. The van der Waals surface area contributed by atoms with Crippen molar-refractivity contribution in [3.8, 4) is 0 Å². The van der Waals surface area contributed by atoms with Gasteiger partial charge in [-0.25, -0.2) is 9.59 Å². The fraction of sp³-hybridized carbons (Fsp3) is 0.467. The lowest BCUT2D eigenvalue weighted by Gasteiger charge is -2.17. The Bertz CT molecular complexity index is 453. The molecule has 0 saturated heterocycles. The molecule has 0 spiro atoms. The van der Waals surface area contributed by atoms with E-state index in [2.05, 4.69) is 10.6 Å². The van der Waals surface area contributed by atoms with Gasteiger partial charge in [0.15, 0.2) is 0 Å². The van der Waals surface area contributed by atoms with Gasteiger partial charge in [0.25, 0.3) is 0 Å². The number of hydrogen-bond acceptors (Lipinski definition) is 3. The van der Waals surface area contributed by atoms with Crippen LogP contribution in [0.1, 0.15) is 35.7 Å². The Balaban J connectivity index is 2.42. The summed E-state index contributed by atoms with van der Waals surface area (Å²) in [5, 5.41) is 14.4. The number of aromatic carboxylic acids is 1. The molecule has 1 atom stereocenters. The van der Waals surface area contributed by atoms with Gasteiger partial charge in [0.2, 0.25) is 0 Å². The van der Waals surface area contributed by atoms with Crippen LogP contribution in [0.2, 0.25) is 0 Å². The van der Waals surface area contributed by atoms with Crippen LogP contribution in [0.15, 0.2) is 24.3 Å². The third kappa shape index (κ3) is 6.27. The molecule has 0 bridgehead atoms. The summed E-state index contributed by atoms with van der Waals surface area (Å²) in [5.74, 6) is -0.964. The molecule has 1 rings (SSSR count). The molecule has 0 fully saturated rings. The molecule has 2 amide bonds. The highest BCUT2D eigenvalue weighted by Crippen LogP contribution is 2.04. The Morgan fingerprint density at radius 1 is 1.29 bits per heavy atom. The lowest BCUT2D eigenvalue weighted by atomic mass is 10.1. The van der Waals surface area contributed by atoms with Gasteiger partial charge in [-0.05, 0) is 24.1 Å². The summed E-state index contributed by atoms with van der Waals surface area (Å²) in [6.45, 7) is 2.87. The second kappa shape index (κ2) is 8.97. The lowest BCUT2D eigenvalue weighted by molar-refractivity contribution is 0.0697. The van der Waals surface area contributed by atoms with Crippen molar-refractivity contribution in [1.29, 1.82) is 0 Å². The fourth-order valence-corrected chi connectivity index (χ4v) is 1.93. The van der Waals surface area contributed by atoms with E-state index in [4.69, 9.17) is 9.84 Å². The van der Waals surface area contributed by atoms with Gasteiger partial charge in [-0.3, -0.25) is 0 Å². The van der Waals surface area contributed by atoms with E-state index in [9.17, 15) is 9.59 Å². The Hall–Kier alpha value is -2.08. The van der Waals surface area contributed by atoms with Gasteiger partial charge in [0, 0.05) is 13.7 Å². The molecular formula is C15H22N2O4. The first-order valence-corrected chi connectivity index (χ1v) is 6.92. The van der Waals surface area contributed by atoms with E-state index in [-0.39, 0.29) is 17.6 Å². The molecule has 0 aliphatic heterocycles. The molecule has 21 heavy (non-hydrogen) atoms. The number of amides is 2. The minimum atomic E-state index is -0.964. The number of carboxylic acid groups (broad SMARTS) is 1. The van der Waals surface area contributed by atoms with Crippen molar-refractivity contribution in [1.82, 2.24) is 10.6 Å². The molecule has 0 heterocycles. The Morgan fingerprint density at radius 2 is 1.95 bits per heavy atom. The highest BCUT2D eigenvalue weighted by molar-refractivity contribution is 5.87. The minimum absolute atomic E-state index is 0.00520. The van der Waals surface area contributed by atoms with Crippen LogP contribution in [0.4, 0.5) is 4.79 Å². The van der Waals surface area contributed by atoms with E-state index in [1.807, 2.05) is 6.92 Å². The number of methoxy groups -OCH3 is 1. The second-order valence-corrected chi connectivity index (χ2v) is 4.77. The summed E-state index contributed by atoms with van der Waals surface area (Å²) in [4.78, 5) is 22.5. The summed E-state index contributed by atoms with van der Waals surface area (Å²) in [6, 6.07) is 6.14. The number of benzene rings is 1. The van der Waals surface area contributed by atoms with Crippen LogP contribution >= 0.6 is 0 Å². The number of urea groups is 1. The Labute approximate surface area is 124 Å². The second-order valence-electron chi connectivity index (χ2n) is 4.77. The lowest BCUT2D eigenvalue weighted by Crippen LogP contribution is -2.43. The van der Waals surface area contributed by atoms with Crippen molar-refractivity contribution in [2.24, 2.45) is 0 Å². The highest BCUT2D eigenvalue weighted by Gasteiger charge is 2.10. The summed E-state index contributed by atoms with van der Waals surface area (Å²) in [7, 11) is 1.60. The smallest absolute Gasteiger partial charge is 0.335 e. The van der Waals surface area contributed by atoms with Crippen molar-refractivity contribution in [2.45, 2.75) is 32.4 Å². The molecule has 6 nitrogen and oxygen atoms in total. The monoisotopic (exact) mass is 294 g/mol. The number of hydrogen-bond donors (Lipinski definition) is 3. The topological polar surface area (TPSA) is 87.7 Å². The molecule has 0 radical (unpaired) electrons. The van der Waals surface area contributed by atoms with Gasteiger partial charge < -0.3 is 20.5 Å². The predicted molar refractivity (Wildman–Crippen MR) is 79.3 cm³/mol. The van der Waals surface area contributed by atoms with Crippen LogP contribution in [-0.2, 0) is 11.3 Å². The minimum Gasteiger partial charge on any atom is -0.478 e. The number of ether oxygens (including phenoxy) is 1. The number of rotatable bonds is 8. The quantitative estimate of drug-likeness (QED) is 0.684. The van der Waals surface area contributed by atoms with Crippen LogP contribution in [0.3, 0.4) is 0 Å². The van der Waals surface area contributed by atoms with Crippen molar-refractivity contribution in [3.63, 3.8) is 0 Å². The molecule has 1 unspecified atom stereocenters. The maximum absolute atomic E-state index is 11.8. The van der Waals surface area contributed by atoms with Crippen molar-refractivity contribution in [2.75, 3.05) is 13.7 Å². The van der Waals surface area contributed by atoms with E-state index < -0.39 is 5.97 Å². The van der Waals surface area contributed by atoms with E-state index in [1.165, 1.54) is 12.1 Å². The standard InChI is InChI=1S/C15H22N2O4/c1-3-4-13(10-21-2)17-15(20)16-9-11-5-7-12(8-6-11)14(18)19/h5-8,13H,3-4,9-10H2,1-2H3,(H,18,19)(H2,16,17,20). The number of nitrogens with one attached hydrogen (secondary N) is 2. The fourth-order valence-electron chi connectivity index (χ4n) is 1.93. The third-order valence-corrected chi connectivity index (χ3v) is 2.99. The number of carboxylic acids is 1. The van der Waals surface area contributed by atoms with Crippen molar-refractivity contribution in [3.05, 3.63) is 35.4 Å². The van der Waals surface area contributed by atoms with Gasteiger partial charge in [-0.2, -0.15) is 0 Å². The largest absolute Gasteiger partial charge is 0.478 e. The zero-order chi connectivity index (χ0) is 15.7. The third-order valence-electron chi connectivity index (χ3n) is 2.99. The molecule has 0 aliphatic rings. The van der Waals surface area contributed by atoms with Gasteiger partial charge in [-0.1, -0.05) is 25.5 Å². The van der Waals surface area contributed by atoms with E-state index in [0.29, 0.717) is 13.2 Å². The Morgan fingerprint density at radius 3 is 2.48 bits per heavy atom. The summed E-state index contributed by atoms with van der Waals surface area (Å²) in [6.07, 6.45) is 1.82. The zero-order valence-electron chi connectivity index (χ0n) is 12.4. The molecule has 0 saturated carbocycles. The van der Waals surface area contributed by atoms with E-state index in [1.54, 1.807) is 19.2 Å². The van der Waals surface area contributed by atoms with Crippen LogP contribution in [0.25, 0.3) is 0 Å². The van der Waals surface area contributed by atoms with Gasteiger partial charge in [0.1, 0.15) is 0 Å². The van der Waals surface area contributed by atoms with Crippen LogP contribution in [0, 0.1) is 0 Å². The molecule has 0 aliphatic carbocycles. The molecule has 3 N–H and O–H groups in total. The molecule has 1 aromatic carbocycles. The first-order chi connectivity index (χ1) is 10.1. The van der Waals surface area contributed by atoms with Crippen molar-refractivity contribution >= 4 is 12.0 Å². The zero-order valence-corrected chi connectivity index (χ0v) is 12.4.